The standard InChI is InChI=1S/C16H20FN3O/c1-4-21-16-10-15(19-12(3)20-16)18-11(2)9-13-5-7-14(17)8-6-13/h5-8,10-11H,4,9H2,1-3H3,(H,18,19,20). The molecule has 0 fully saturated rings. The van der Waals surface area contributed by atoms with Crippen LogP contribution in [-0.2, 0) is 6.42 Å². The van der Waals surface area contributed by atoms with Gasteiger partial charge in [0.25, 0.3) is 0 Å². The lowest BCUT2D eigenvalue weighted by Gasteiger charge is -2.15. The van der Waals surface area contributed by atoms with Crippen molar-refractivity contribution < 1.29 is 9.13 Å². The smallest absolute Gasteiger partial charge is 0.218 e. The fourth-order valence-corrected chi connectivity index (χ4v) is 2.11. The van der Waals surface area contributed by atoms with Gasteiger partial charge in [0, 0.05) is 12.1 Å². The lowest BCUT2D eigenvalue weighted by atomic mass is 10.1. The third kappa shape index (κ3) is 4.70. The molecular weight excluding hydrogens is 269 g/mol. The molecule has 0 saturated carbocycles. The fourth-order valence-electron chi connectivity index (χ4n) is 2.11. The molecule has 1 atom stereocenters. The quantitative estimate of drug-likeness (QED) is 0.885. The van der Waals surface area contributed by atoms with E-state index in [0.29, 0.717) is 18.3 Å². The van der Waals surface area contributed by atoms with Gasteiger partial charge in [-0.3, -0.25) is 0 Å². The van der Waals surface area contributed by atoms with Crippen molar-refractivity contribution >= 4 is 5.82 Å². The molecule has 0 aliphatic carbocycles. The van der Waals surface area contributed by atoms with Crippen LogP contribution in [0.15, 0.2) is 30.3 Å². The predicted octanol–water partition coefficient (Wildman–Crippen LogP) is 3.37. The molecule has 0 saturated heterocycles. The van der Waals surface area contributed by atoms with E-state index in [1.165, 1.54) is 12.1 Å². The Bertz CT molecular complexity index is 587. The van der Waals surface area contributed by atoms with Crippen molar-refractivity contribution in [2.45, 2.75) is 33.2 Å². The summed E-state index contributed by atoms with van der Waals surface area (Å²) in [6.45, 7) is 6.38. The molecule has 5 heteroatoms. The van der Waals surface area contributed by atoms with E-state index in [-0.39, 0.29) is 11.9 Å². The number of aryl methyl sites for hydroxylation is 1. The fraction of sp³-hybridized carbons (Fsp3) is 0.375. The summed E-state index contributed by atoms with van der Waals surface area (Å²) in [5.41, 5.74) is 1.08. The van der Waals surface area contributed by atoms with Crippen LogP contribution in [0, 0.1) is 12.7 Å². The summed E-state index contributed by atoms with van der Waals surface area (Å²) in [5.74, 6) is 1.76. The largest absolute Gasteiger partial charge is 0.478 e. The Kier molecular flexibility index (Phi) is 5.09. The zero-order chi connectivity index (χ0) is 15.2. The van der Waals surface area contributed by atoms with Crippen LogP contribution in [0.5, 0.6) is 5.88 Å². The normalized spacial score (nSPS) is 12.0. The van der Waals surface area contributed by atoms with E-state index >= 15 is 0 Å². The minimum atomic E-state index is -0.216. The maximum Gasteiger partial charge on any atom is 0.218 e. The summed E-state index contributed by atoms with van der Waals surface area (Å²) < 4.78 is 18.3. The first-order valence-corrected chi connectivity index (χ1v) is 7.06. The molecule has 1 unspecified atom stereocenters. The van der Waals surface area contributed by atoms with E-state index in [1.54, 1.807) is 18.2 Å². The number of nitrogens with zero attached hydrogens (tertiary/aromatic N) is 2. The number of anilines is 1. The average molecular weight is 289 g/mol. The van der Waals surface area contributed by atoms with Crippen molar-refractivity contribution in [1.82, 2.24) is 9.97 Å². The molecule has 1 aromatic heterocycles. The van der Waals surface area contributed by atoms with E-state index < -0.39 is 0 Å². The maximum atomic E-state index is 12.9. The lowest BCUT2D eigenvalue weighted by molar-refractivity contribution is 0.325. The second-order valence-electron chi connectivity index (χ2n) is 4.95. The Hall–Kier alpha value is -2.17. The van der Waals surface area contributed by atoms with Gasteiger partial charge in [0.1, 0.15) is 17.5 Å². The number of ether oxygens (including phenoxy) is 1. The van der Waals surface area contributed by atoms with Crippen LogP contribution in [0.1, 0.15) is 25.2 Å². The number of aromatic nitrogens is 2. The molecule has 0 bridgehead atoms. The van der Waals surface area contributed by atoms with Crippen molar-refractivity contribution in [2.24, 2.45) is 0 Å². The average Bonchev–Trinajstić information content (AvgIpc) is 2.41. The van der Waals surface area contributed by atoms with E-state index in [2.05, 4.69) is 22.2 Å². The highest BCUT2D eigenvalue weighted by molar-refractivity contribution is 5.39. The molecule has 2 aromatic rings. The second kappa shape index (κ2) is 7.02. The molecular formula is C16H20FN3O. The molecule has 4 nitrogen and oxygen atoms in total. The molecule has 112 valence electrons. The van der Waals surface area contributed by atoms with Gasteiger partial charge in [-0.15, -0.1) is 0 Å². The summed E-state index contributed by atoms with van der Waals surface area (Å²) >= 11 is 0. The third-order valence-corrected chi connectivity index (χ3v) is 2.96. The minimum absolute atomic E-state index is 0.166. The van der Waals surface area contributed by atoms with Gasteiger partial charge in [0.15, 0.2) is 0 Å². The highest BCUT2D eigenvalue weighted by Crippen LogP contribution is 2.15. The van der Waals surface area contributed by atoms with Crippen molar-refractivity contribution in [3.63, 3.8) is 0 Å². The van der Waals surface area contributed by atoms with Gasteiger partial charge in [0.05, 0.1) is 6.61 Å². The monoisotopic (exact) mass is 289 g/mol. The second-order valence-corrected chi connectivity index (χ2v) is 4.95. The van der Waals surface area contributed by atoms with Crippen molar-refractivity contribution in [1.29, 1.82) is 0 Å². The van der Waals surface area contributed by atoms with Gasteiger partial charge in [-0.2, -0.15) is 4.98 Å². The van der Waals surface area contributed by atoms with Crippen LogP contribution in [0.25, 0.3) is 0 Å². The number of hydrogen-bond acceptors (Lipinski definition) is 4. The van der Waals surface area contributed by atoms with Crippen molar-refractivity contribution in [2.75, 3.05) is 11.9 Å². The Balaban J connectivity index is 2.01. The third-order valence-electron chi connectivity index (χ3n) is 2.96. The highest BCUT2D eigenvalue weighted by Gasteiger charge is 2.07. The van der Waals surface area contributed by atoms with Crippen LogP contribution in [-0.4, -0.2) is 22.6 Å². The van der Waals surface area contributed by atoms with Gasteiger partial charge in [-0.05, 0) is 44.9 Å². The van der Waals surface area contributed by atoms with Crippen LogP contribution < -0.4 is 10.1 Å². The number of halogens is 1. The summed E-state index contributed by atoms with van der Waals surface area (Å²) in [4.78, 5) is 8.56. The first-order valence-electron chi connectivity index (χ1n) is 7.06. The molecule has 0 amide bonds. The van der Waals surface area contributed by atoms with Gasteiger partial charge in [-0.1, -0.05) is 12.1 Å². The molecule has 2 rings (SSSR count). The molecule has 0 spiro atoms. The van der Waals surface area contributed by atoms with E-state index in [0.717, 1.165) is 17.8 Å². The van der Waals surface area contributed by atoms with E-state index in [4.69, 9.17) is 4.74 Å². The van der Waals surface area contributed by atoms with Crippen LogP contribution >= 0.6 is 0 Å². The van der Waals surface area contributed by atoms with Gasteiger partial charge in [0.2, 0.25) is 5.88 Å². The first-order chi connectivity index (χ1) is 10.1. The minimum Gasteiger partial charge on any atom is -0.478 e. The Labute approximate surface area is 124 Å². The van der Waals surface area contributed by atoms with Gasteiger partial charge >= 0.3 is 0 Å². The van der Waals surface area contributed by atoms with E-state index in [9.17, 15) is 4.39 Å². The zero-order valence-electron chi connectivity index (χ0n) is 12.6. The van der Waals surface area contributed by atoms with Crippen LogP contribution in [0.3, 0.4) is 0 Å². The van der Waals surface area contributed by atoms with Crippen LogP contribution in [0.2, 0.25) is 0 Å². The van der Waals surface area contributed by atoms with Crippen LogP contribution in [0.4, 0.5) is 10.2 Å². The summed E-state index contributed by atoms with van der Waals surface area (Å²) in [6.07, 6.45) is 0.785. The SMILES string of the molecule is CCOc1cc(NC(C)Cc2ccc(F)cc2)nc(C)n1. The zero-order valence-corrected chi connectivity index (χ0v) is 12.6. The number of nitrogens with one attached hydrogen (secondary N) is 1. The maximum absolute atomic E-state index is 12.9. The van der Waals surface area contributed by atoms with Gasteiger partial charge < -0.3 is 10.1 Å². The summed E-state index contributed by atoms with van der Waals surface area (Å²) in [6, 6.07) is 8.50. The first kappa shape index (κ1) is 15.2. The Morgan fingerprint density at radius 1 is 1.24 bits per heavy atom. The Morgan fingerprint density at radius 2 is 1.95 bits per heavy atom. The number of hydrogen-bond donors (Lipinski definition) is 1. The molecule has 1 aromatic carbocycles. The topological polar surface area (TPSA) is 47.0 Å². The molecule has 21 heavy (non-hydrogen) atoms. The number of benzene rings is 1. The van der Waals surface area contributed by atoms with E-state index in [1.807, 2.05) is 13.8 Å². The predicted molar refractivity (Wildman–Crippen MR) is 81.1 cm³/mol. The van der Waals surface area contributed by atoms with Crippen molar-refractivity contribution in [3.8, 4) is 5.88 Å². The Morgan fingerprint density at radius 3 is 2.62 bits per heavy atom. The molecule has 1 heterocycles. The molecule has 0 aliphatic rings. The summed E-state index contributed by atoms with van der Waals surface area (Å²) in [5, 5.41) is 3.32. The van der Waals surface area contributed by atoms with Crippen molar-refractivity contribution in [3.05, 3.63) is 47.5 Å². The summed E-state index contributed by atoms with van der Waals surface area (Å²) in [7, 11) is 0. The number of rotatable bonds is 6. The lowest BCUT2D eigenvalue weighted by Crippen LogP contribution is -2.19. The highest BCUT2D eigenvalue weighted by atomic mass is 19.1. The van der Waals surface area contributed by atoms with Gasteiger partial charge in [-0.25, -0.2) is 9.37 Å². The molecule has 0 aliphatic heterocycles. The molecule has 1 N–H and O–H groups in total. The molecule has 0 radical (unpaired) electrons.